The molecule has 108 valence electrons. The Labute approximate surface area is 123 Å². The lowest BCUT2D eigenvalue weighted by atomic mass is 10.1. The average molecular weight is 314 g/mol. The van der Waals surface area contributed by atoms with Crippen LogP contribution in [0.25, 0.3) is 0 Å². The zero-order chi connectivity index (χ0) is 15.1. The van der Waals surface area contributed by atoms with Gasteiger partial charge >= 0.3 is 0 Å². The molecular formula is C13H16ClN3O2S. The van der Waals surface area contributed by atoms with Crippen molar-refractivity contribution >= 4 is 27.3 Å². The van der Waals surface area contributed by atoms with Crippen LogP contribution in [-0.2, 0) is 17.1 Å². The van der Waals surface area contributed by atoms with Crippen LogP contribution in [0.1, 0.15) is 11.1 Å². The first-order valence-corrected chi connectivity index (χ1v) is 7.79. The summed E-state index contributed by atoms with van der Waals surface area (Å²) in [4.78, 5) is 3.88. The Morgan fingerprint density at radius 2 is 1.75 bits per heavy atom. The van der Waals surface area contributed by atoms with E-state index in [1.54, 1.807) is 19.2 Å². The van der Waals surface area contributed by atoms with Crippen LogP contribution in [-0.4, -0.2) is 25.0 Å². The minimum Gasteiger partial charge on any atom is -0.324 e. The van der Waals surface area contributed by atoms with Crippen molar-refractivity contribution in [3.05, 3.63) is 40.8 Å². The molecule has 1 heterocycles. The third-order valence-electron chi connectivity index (χ3n) is 3.01. The largest absolute Gasteiger partial charge is 0.324 e. The summed E-state index contributed by atoms with van der Waals surface area (Å²) in [5, 5.41) is -0.0375. The fourth-order valence-corrected chi connectivity index (χ4v) is 3.53. The van der Waals surface area contributed by atoms with Gasteiger partial charge in [0.15, 0.2) is 0 Å². The van der Waals surface area contributed by atoms with Crippen LogP contribution in [0.2, 0.25) is 5.15 Å². The molecule has 2 rings (SSSR count). The third-order valence-corrected chi connectivity index (χ3v) is 5.29. The summed E-state index contributed by atoms with van der Waals surface area (Å²) >= 11 is 5.98. The monoisotopic (exact) mass is 313 g/mol. The van der Waals surface area contributed by atoms with E-state index in [1.165, 1.54) is 22.2 Å². The van der Waals surface area contributed by atoms with Crippen LogP contribution < -0.4 is 4.31 Å². The van der Waals surface area contributed by atoms with Gasteiger partial charge < -0.3 is 4.57 Å². The van der Waals surface area contributed by atoms with Gasteiger partial charge in [0.05, 0.1) is 12.0 Å². The number of imidazole rings is 1. The van der Waals surface area contributed by atoms with Gasteiger partial charge in [-0.15, -0.1) is 0 Å². The standard InChI is InChI=1S/C13H16ClN3O2S/c1-9-5-10(2)7-11(6-9)17(4)20(18,19)13-12(14)16(3)8-15-13/h5-8H,1-4H3. The molecule has 0 N–H and O–H groups in total. The highest BCUT2D eigenvalue weighted by Gasteiger charge is 2.27. The lowest BCUT2D eigenvalue weighted by molar-refractivity contribution is 0.591. The summed E-state index contributed by atoms with van der Waals surface area (Å²) in [6.07, 6.45) is 1.38. The molecule has 0 aliphatic carbocycles. The van der Waals surface area contributed by atoms with Crippen molar-refractivity contribution < 1.29 is 8.42 Å². The summed E-state index contributed by atoms with van der Waals surface area (Å²) in [6, 6.07) is 5.60. The fraction of sp³-hybridized carbons (Fsp3) is 0.308. The van der Waals surface area contributed by atoms with Gasteiger partial charge in [0.25, 0.3) is 10.0 Å². The number of halogens is 1. The Kier molecular flexibility index (Phi) is 3.80. The summed E-state index contributed by atoms with van der Waals surface area (Å²) in [5.41, 5.74) is 2.58. The molecule has 0 saturated carbocycles. The van der Waals surface area contributed by atoms with Gasteiger partial charge in [0.1, 0.15) is 5.15 Å². The molecule has 5 nitrogen and oxygen atoms in total. The van der Waals surface area contributed by atoms with E-state index in [-0.39, 0.29) is 10.2 Å². The zero-order valence-corrected chi connectivity index (χ0v) is 13.3. The van der Waals surface area contributed by atoms with Crippen molar-refractivity contribution in [1.82, 2.24) is 9.55 Å². The predicted octanol–water partition coefficient (Wildman–Crippen LogP) is 2.52. The normalized spacial score (nSPS) is 11.7. The first kappa shape index (κ1) is 14.9. The van der Waals surface area contributed by atoms with E-state index < -0.39 is 10.0 Å². The maximum Gasteiger partial charge on any atom is 0.284 e. The van der Waals surface area contributed by atoms with Crippen LogP contribution >= 0.6 is 11.6 Å². The second kappa shape index (κ2) is 5.10. The molecule has 0 saturated heterocycles. The summed E-state index contributed by atoms with van der Waals surface area (Å²) in [6.45, 7) is 3.84. The average Bonchev–Trinajstić information content (AvgIpc) is 2.68. The molecule has 7 heteroatoms. The van der Waals surface area contributed by atoms with E-state index >= 15 is 0 Å². The number of anilines is 1. The number of hydrogen-bond donors (Lipinski definition) is 0. The Hall–Kier alpha value is -1.53. The number of hydrogen-bond acceptors (Lipinski definition) is 3. The second-order valence-electron chi connectivity index (χ2n) is 4.77. The maximum absolute atomic E-state index is 12.6. The van der Waals surface area contributed by atoms with Crippen LogP contribution in [0.15, 0.2) is 29.6 Å². The minimum atomic E-state index is -3.77. The maximum atomic E-state index is 12.6. The van der Waals surface area contributed by atoms with Gasteiger partial charge in [0, 0.05) is 14.1 Å². The van der Waals surface area contributed by atoms with Crippen LogP contribution in [0.5, 0.6) is 0 Å². The highest BCUT2D eigenvalue weighted by Crippen LogP contribution is 2.27. The number of benzene rings is 1. The van der Waals surface area contributed by atoms with E-state index in [9.17, 15) is 8.42 Å². The smallest absolute Gasteiger partial charge is 0.284 e. The summed E-state index contributed by atoms with van der Waals surface area (Å²) in [7, 11) is -0.627. The number of aromatic nitrogens is 2. The van der Waals surface area contributed by atoms with Crippen molar-refractivity contribution in [2.75, 3.05) is 11.4 Å². The van der Waals surface area contributed by atoms with Gasteiger partial charge in [-0.25, -0.2) is 4.98 Å². The molecular weight excluding hydrogens is 298 g/mol. The molecule has 0 fully saturated rings. The highest BCUT2D eigenvalue weighted by molar-refractivity contribution is 7.92. The fourth-order valence-electron chi connectivity index (χ4n) is 1.97. The lowest BCUT2D eigenvalue weighted by Gasteiger charge is -2.19. The highest BCUT2D eigenvalue weighted by atomic mass is 35.5. The van der Waals surface area contributed by atoms with Crippen molar-refractivity contribution in [1.29, 1.82) is 0 Å². The van der Waals surface area contributed by atoms with E-state index in [1.807, 2.05) is 19.9 Å². The van der Waals surface area contributed by atoms with Crippen LogP contribution in [0.3, 0.4) is 0 Å². The van der Waals surface area contributed by atoms with Crippen molar-refractivity contribution in [3.8, 4) is 0 Å². The molecule has 0 spiro atoms. The topological polar surface area (TPSA) is 55.2 Å². The van der Waals surface area contributed by atoms with E-state index in [2.05, 4.69) is 4.98 Å². The van der Waals surface area contributed by atoms with Crippen molar-refractivity contribution in [3.63, 3.8) is 0 Å². The zero-order valence-electron chi connectivity index (χ0n) is 11.8. The van der Waals surface area contributed by atoms with Crippen LogP contribution in [0, 0.1) is 13.8 Å². The summed E-state index contributed by atoms with van der Waals surface area (Å²) < 4.78 is 27.8. The molecule has 0 unspecified atom stereocenters. The molecule has 0 amide bonds. The number of nitrogens with zero attached hydrogens (tertiary/aromatic N) is 3. The third kappa shape index (κ3) is 2.53. The molecule has 20 heavy (non-hydrogen) atoms. The number of sulfonamides is 1. The minimum absolute atomic E-state index is 0.0984. The molecule has 0 radical (unpaired) electrons. The van der Waals surface area contributed by atoms with Crippen molar-refractivity contribution in [2.45, 2.75) is 18.9 Å². The Balaban J connectivity index is 2.51. The molecule has 1 aromatic carbocycles. The van der Waals surface area contributed by atoms with Gasteiger partial charge in [-0.1, -0.05) is 17.7 Å². The van der Waals surface area contributed by atoms with Gasteiger partial charge in [-0.2, -0.15) is 8.42 Å². The Bertz CT molecular complexity index is 733. The first-order chi connectivity index (χ1) is 9.23. The molecule has 2 aromatic rings. The molecule has 0 aliphatic rings. The SMILES string of the molecule is Cc1cc(C)cc(N(C)S(=O)(=O)c2ncn(C)c2Cl)c1. The number of rotatable bonds is 3. The number of aryl methyl sites for hydroxylation is 3. The second-order valence-corrected chi connectivity index (χ2v) is 7.01. The van der Waals surface area contributed by atoms with E-state index in [0.717, 1.165) is 11.1 Å². The Morgan fingerprint density at radius 1 is 1.20 bits per heavy atom. The molecule has 0 bridgehead atoms. The predicted molar refractivity (Wildman–Crippen MR) is 79.7 cm³/mol. The van der Waals surface area contributed by atoms with Crippen molar-refractivity contribution in [2.24, 2.45) is 7.05 Å². The van der Waals surface area contributed by atoms with Gasteiger partial charge in [0.2, 0.25) is 5.03 Å². The lowest BCUT2D eigenvalue weighted by Crippen LogP contribution is -2.27. The molecule has 1 aromatic heterocycles. The first-order valence-electron chi connectivity index (χ1n) is 5.97. The molecule has 0 atom stereocenters. The van der Waals surface area contributed by atoms with Gasteiger partial charge in [-0.05, 0) is 37.1 Å². The quantitative estimate of drug-likeness (QED) is 0.875. The molecule has 0 aliphatic heterocycles. The van der Waals surface area contributed by atoms with Crippen LogP contribution in [0.4, 0.5) is 5.69 Å². The Morgan fingerprint density at radius 3 is 2.20 bits per heavy atom. The van der Waals surface area contributed by atoms with Gasteiger partial charge in [-0.3, -0.25) is 4.31 Å². The van der Waals surface area contributed by atoms with E-state index in [4.69, 9.17) is 11.6 Å². The van der Waals surface area contributed by atoms with E-state index in [0.29, 0.717) is 5.69 Å². The summed E-state index contributed by atoms with van der Waals surface area (Å²) in [5.74, 6) is 0.